The molecular formula is C23H23Cl3N4O4S. The van der Waals surface area contributed by atoms with Gasteiger partial charge in [0.25, 0.3) is 11.8 Å². The monoisotopic (exact) mass is 556 g/mol. The molecule has 12 heteroatoms. The summed E-state index contributed by atoms with van der Waals surface area (Å²) in [5.41, 5.74) is 0.902. The van der Waals surface area contributed by atoms with E-state index in [-0.39, 0.29) is 44.3 Å². The largest absolute Gasteiger partial charge is 0.494 e. The quantitative estimate of drug-likeness (QED) is 0.281. The standard InChI is InChI=1S/C23H23Cl3N4O4S/c1-4-30(5-2)34-11-13-12-35-21(19(13)26)23(32)29-20-16(8-15(25)9-17(20)33-3)22(31)28-18-7-6-14(24)10-27-18/h6-10,12H,4-5,11H2,1-3H3,(H,29,32)(H,27,28,31). The van der Waals surface area contributed by atoms with Crippen molar-refractivity contribution in [2.75, 3.05) is 30.8 Å². The van der Waals surface area contributed by atoms with Gasteiger partial charge in [-0.2, -0.15) is 5.06 Å². The summed E-state index contributed by atoms with van der Waals surface area (Å²) in [5.74, 6) is -0.581. The minimum Gasteiger partial charge on any atom is -0.494 e. The van der Waals surface area contributed by atoms with Crippen LogP contribution in [0.4, 0.5) is 11.5 Å². The second-order valence-electron chi connectivity index (χ2n) is 7.09. The molecule has 35 heavy (non-hydrogen) atoms. The Morgan fingerprint density at radius 1 is 1.06 bits per heavy atom. The summed E-state index contributed by atoms with van der Waals surface area (Å²) >= 11 is 19.7. The lowest BCUT2D eigenvalue weighted by Gasteiger charge is -2.17. The van der Waals surface area contributed by atoms with Crippen molar-refractivity contribution >= 4 is 69.5 Å². The van der Waals surface area contributed by atoms with Gasteiger partial charge in [0.1, 0.15) is 16.4 Å². The zero-order chi connectivity index (χ0) is 25.5. The third-order valence-corrected chi connectivity index (χ3v) is 6.87. The molecule has 0 saturated heterocycles. The summed E-state index contributed by atoms with van der Waals surface area (Å²) in [6.07, 6.45) is 1.40. The van der Waals surface area contributed by atoms with Crippen LogP contribution in [0.2, 0.25) is 15.1 Å². The highest BCUT2D eigenvalue weighted by atomic mass is 35.5. The van der Waals surface area contributed by atoms with Crippen LogP contribution in [0, 0.1) is 0 Å². The van der Waals surface area contributed by atoms with Crippen molar-refractivity contribution in [2.24, 2.45) is 0 Å². The van der Waals surface area contributed by atoms with Crippen LogP contribution in [-0.2, 0) is 11.4 Å². The number of carbonyl (C=O) groups excluding carboxylic acids is 2. The van der Waals surface area contributed by atoms with E-state index in [1.54, 1.807) is 22.6 Å². The lowest BCUT2D eigenvalue weighted by molar-refractivity contribution is -0.163. The molecule has 0 radical (unpaired) electrons. The van der Waals surface area contributed by atoms with Gasteiger partial charge >= 0.3 is 0 Å². The summed E-state index contributed by atoms with van der Waals surface area (Å²) in [6.45, 7) is 5.63. The number of methoxy groups -OCH3 is 1. The predicted molar refractivity (Wildman–Crippen MR) is 140 cm³/mol. The average molecular weight is 558 g/mol. The van der Waals surface area contributed by atoms with Crippen LogP contribution in [0.15, 0.2) is 35.8 Å². The number of nitrogens with one attached hydrogen (secondary N) is 2. The fourth-order valence-corrected chi connectivity index (χ4v) is 4.60. The molecule has 8 nitrogen and oxygen atoms in total. The first-order valence-electron chi connectivity index (χ1n) is 10.5. The highest BCUT2D eigenvalue weighted by Crippen LogP contribution is 2.35. The molecule has 0 unspecified atom stereocenters. The number of hydrogen-bond acceptors (Lipinski definition) is 7. The number of halogens is 3. The Morgan fingerprint density at radius 3 is 2.43 bits per heavy atom. The third-order valence-electron chi connectivity index (χ3n) is 4.85. The van der Waals surface area contributed by atoms with E-state index in [2.05, 4.69) is 15.6 Å². The van der Waals surface area contributed by atoms with Crippen molar-refractivity contribution in [3.05, 3.63) is 66.9 Å². The van der Waals surface area contributed by atoms with E-state index in [0.29, 0.717) is 10.6 Å². The van der Waals surface area contributed by atoms with Crippen LogP contribution in [0.1, 0.15) is 39.4 Å². The Hall–Kier alpha value is -2.40. The van der Waals surface area contributed by atoms with E-state index in [9.17, 15) is 9.59 Å². The molecule has 2 heterocycles. The second kappa shape index (κ2) is 12.5. The molecule has 0 aliphatic rings. The molecule has 0 spiro atoms. The molecule has 0 atom stereocenters. The van der Waals surface area contributed by atoms with Crippen molar-refractivity contribution in [3.8, 4) is 5.75 Å². The highest BCUT2D eigenvalue weighted by Gasteiger charge is 2.23. The van der Waals surface area contributed by atoms with Gasteiger partial charge in [-0.1, -0.05) is 48.7 Å². The van der Waals surface area contributed by atoms with Crippen LogP contribution in [0.3, 0.4) is 0 Å². The average Bonchev–Trinajstić information content (AvgIpc) is 3.22. The molecule has 0 fully saturated rings. The number of anilines is 2. The summed E-state index contributed by atoms with van der Waals surface area (Å²) in [4.78, 5) is 36.2. The smallest absolute Gasteiger partial charge is 0.267 e. The van der Waals surface area contributed by atoms with Crippen molar-refractivity contribution in [1.29, 1.82) is 0 Å². The summed E-state index contributed by atoms with van der Waals surface area (Å²) < 4.78 is 5.38. The van der Waals surface area contributed by atoms with Gasteiger partial charge in [-0.3, -0.25) is 14.4 Å². The number of aromatic nitrogens is 1. The lowest BCUT2D eigenvalue weighted by Crippen LogP contribution is -2.23. The lowest BCUT2D eigenvalue weighted by atomic mass is 10.1. The van der Waals surface area contributed by atoms with Gasteiger partial charge in [0.15, 0.2) is 0 Å². The van der Waals surface area contributed by atoms with Gasteiger partial charge in [-0.05, 0) is 23.6 Å². The number of amides is 2. The van der Waals surface area contributed by atoms with Gasteiger partial charge < -0.3 is 15.4 Å². The third kappa shape index (κ3) is 6.84. The fraction of sp³-hybridized carbons (Fsp3) is 0.261. The summed E-state index contributed by atoms with van der Waals surface area (Å²) in [5, 5.41) is 9.90. The molecule has 2 aromatic heterocycles. The van der Waals surface area contributed by atoms with Crippen molar-refractivity contribution in [2.45, 2.75) is 20.5 Å². The molecular weight excluding hydrogens is 535 g/mol. The zero-order valence-corrected chi connectivity index (χ0v) is 22.2. The Labute approximate surface area is 222 Å². The summed E-state index contributed by atoms with van der Waals surface area (Å²) in [6, 6.07) is 6.05. The first-order valence-corrected chi connectivity index (χ1v) is 12.5. The molecule has 3 rings (SSSR count). The Balaban J connectivity index is 1.86. The molecule has 2 N–H and O–H groups in total. The first-order chi connectivity index (χ1) is 16.8. The maximum Gasteiger partial charge on any atom is 0.267 e. The van der Waals surface area contributed by atoms with Crippen LogP contribution >= 0.6 is 46.1 Å². The van der Waals surface area contributed by atoms with Crippen LogP contribution in [0.25, 0.3) is 0 Å². The number of thiophene rings is 1. The van der Waals surface area contributed by atoms with Crippen LogP contribution in [-0.4, -0.2) is 42.1 Å². The number of nitrogens with zero attached hydrogens (tertiary/aromatic N) is 2. The number of carbonyl (C=O) groups is 2. The topological polar surface area (TPSA) is 92.8 Å². The zero-order valence-electron chi connectivity index (χ0n) is 19.2. The molecule has 0 saturated carbocycles. The van der Waals surface area contributed by atoms with Gasteiger partial charge in [-0.15, -0.1) is 11.3 Å². The number of hydrogen-bond donors (Lipinski definition) is 2. The number of ether oxygens (including phenoxy) is 1. The molecule has 3 aromatic rings. The second-order valence-corrected chi connectivity index (χ2v) is 9.22. The van der Waals surface area contributed by atoms with E-state index in [1.165, 1.54) is 36.8 Å². The molecule has 186 valence electrons. The highest BCUT2D eigenvalue weighted by molar-refractivity contribution is 7.13. The van der Waals surface area contributed by atoms with Crippen LogP contribution < -0.4 is 15.4 Å². The predicted octanol–water partition coefficient (Wildman–Crippen LogP) is 6.39. The number of benzene rings is 1. The fourth-order valence-electron chi connectivity index (χ4n) is 3.05. The Bertz CT molecular complexity index is 1200. The molecule has 0 aliphatic carbocycles. The summed E-state index contributed by atoms with van der Waals surface area (Å²) in [7, 11) is 1.41. The first kappa shape index (κ1) is 27.2. The van der Waals surface area contributed by atoms with Crippen molar-refractivity contribution in [3.63, 3.8) is 0 Å². The van der Waals surface area contributed by atoms with Crippen LogP contribution in [0.5, 0.6) is 5.75 Å². The molecule has 1 aromatic carbocycles. The number of pyridine rings is 1. The Morgan fingerprint density at radius 2 is 1.80 bits per heavy atom. The van der Waals surface area contributed by atoms with E-state index < -0.39 is 11.8 Å². The van der Waals surface area contributed by atoms with Crippen molar-refractivity contribution < 1.29 is 19.2 Å². The maximum absolute atomic E-state index is 13.1. The van der Waals surface area contributed by atoms with Gasteiger partial charge in [0.2, 0.25) is 0 Å². The van der Waals surface area contributed by atoms with Crippen molar-refractivity contribution in [1.82, 2.24) is 10.0 Å². The Kier molecular flexibility index (Phi) is 9.73. The molecule has 0 aliphatic heterocycles. The maximum atomic E-state index is 13.1. The molecule has 0 bridgehead atoms. The van der Waals surface area contributed by atoms with E-state index >= 15 is 0 Å². The van der Waals surface area contributed by atoms with Gasteiger partial charge in [-0.25, -0.2) is 4.98 Å². The number of rotatable bonds is 10. The van der Waals surface area contributed by atoms with E-state index in [4.69, 9.17) is 44.4 Å². The van der Waals surface area contributed by atoms with Gasteiger partial charge in [0.05, 0.1) is 35.0 Å². The van der Waals surface area contributed by atoms with E-state index in [1.807, 2.05) is 13.8 Å². The SMILES string of the molecule is CCN(CC)OCc1csc(C(=O)Nc2c(OC)cc(Cl)cc2C(=O)Nc2ccc(Cl)cn2)c1Cl. The number of hydroxylamine groups is 2. The van der Waals surface area contributed by atoms with Gasteiger partial charge in [0, 0.05) is 35.9 Å². The normalized spacial score (nSPS) is 10.9. The van der Waals surface area contributed by atoms with E-state index in [0.717, 1.165) is 13.1 Å². The minimum atomic E-state index is -0.554. The molecule has 2 amide bonds. The minimum absolute atomic E-state index is 0.0808.